The van der Waals surface area contributed by atoms with E-state index in [-0.39, 0.29) is 16.6 Å². The zero-order valence-corrected chi connectivity index (χ0v) is 14.3. The monoisotopic (exact) mass is 388 g/mol. The van der Waals surface area contributed by atoms with Crippen LogP contribution in [0.1, 0.15) is 15.9 Å². The van der Waals surface area contributed by atoms with Crippen molar-refractivity contribution in [2.45, 2.75) is 0 Å². The molecule has 3 nitrogen and oxygen atoms in total. The highest BCUT2D eigenvalue weighted by Gasteiger charge is 2.21. The lowest BCUT2D eigenvalue weighted by molar-refractivity contribution is 0.103. The second kappa shape index (κ2) is 6.69. The predicted octanol–water partition coefficient (Wildman–Crippen LogP) is 5.00. The topological polar surface area (TPSA) is 35.5 Å². The fraction of sp³-hybridized carbons (Fsp3) is 0.133. The Morgan fingerprint density at radius 2 is 1.71 bits per heavy atom. The summed E-state index contributed by atoms with van der Waals surface area (Å²) >= 11 is 15.6. The van der Waals surface area contributed by atoms with Gasteiger partial charge in [-0.15, -0.1) is 0 Å². The molecule has 0 spiro atoms. The van der Waals surface area contributed by atoms with Crippen LogP contribution in [0.3, 0.4) is 0 Å². The molecular weight excluding hydrogens is 379 g/mol. The van der Waals surface area contributed by atoms with Crippen molar-refractivity contribution in [1.82, 2.24) is 0 Å². The first-order chi connectivity index (χ1) is 9.99. The van der Waals surface area contributed by atoms with E-state index in [9.17, 15) is 4.79 Å². The lowest BCUT2D eigenvalue weighted by Crippen LogP contribution is -2.05. The molecule has 2 aromatic carbocycles. The molecule has 0 fully saturated rings. The maximum absolute atomic E-state index is 12.6. The molecule has 0 unspecified atom stereocenters. The minimum Gasteiger partial charge on any atom is -0.495 e. The van der Waals surface area contributed by atoms with Crippen LogP contribution in [0.5, 0.6) is 11.5 Å². The first kappa shape index (κ1) is 16.1. The summed E-state index contributed by atoms with van der Waals surface area (Å²) in [7, 11) is 2.94. The molecular formula is C15H11BrCl2O3. The van der Waals surface area contributed by atoms with E-state index in [1.165, 1.54) is 14.2 Å². The van der Waals surface area contributed by atoms with Gasteiger partial charge in [-0.1, -0.05) is 39.1 Å². The van der Waals surface area contributed by atoms with Crippen LogP contribution in [0.2, 0.25) is 10.0 Å². The maximum Gasteiger partial charge on any atom is 0.198 e. The van der Waals surface area contributed by atoms with E-state index in [4.69, 9.17) is 32.7 Å². The van der Waals surface area contributed by atoms with Crippen LogP contribution in [-0.2, 0) is 0 Å². The van der Waals surface area contributed by atoms with Gasteiger partial charge in [-0.3, -0.25) is 4.79 Å². The second-order valence-corrected chi connectivity index (χ2v) is 5.82. The highest BCUT2D eigenvalue weighted by molar-refractivity contribution is 9.10. The summed E-state index contributed by atoms with van der Waals surface area (Å²) in [5.41, 5.74) is 0.701. The predicted molar refractivity (Wildman–Crippen MR) is 87.1 cm³/mol. The molecule has 0 aliphatic rings. The van der Waals surface area contributed by atoms with Crippen molar-refractivity contribution < 1.29 is 14.3 Å². The number of halogens is 3. The Bertz CT molecular complexity index is 702. The highest BCUT2D eigenvalue weighted by Crippen LogP contribution is 2.38. The second-order valence-electron chi connectivity index (χ2n) is 4.12. The van der Waals surface area contributed by atoms with E-state index in [1.54, 1.807) is 30.3 Å². The van der Waals surface area contributed by atoms with Crippen molar-refractivity contribution >= 4 is 44.9 Å². The molecule has 110 valence electrons. The summed E-state index contributed by atoms with van der Waals surface area (Å²) in [6.07, 6.45) is 0. The van der Waals surface area contributed by atoms with Crippen LogP contribution in [0.15, 0.2) is 34.8 Å². The number of hydrogen-bond acceptors (Lipinski definition) is 3. The Balaban J connectivity index is 2.55. The molecule has 0 heterocycles. The fourth-order valence-electron chi connectivity index (χ4n) is 1.89. The Hall–Kier alpha value is -1.23. The number of ketones is 1. The third-order valence-electron chi connectivity index (χ3n) is 2.91. The number of carbonyl (C=O) groups is 1. The molecule has 0 radical (unpaired) electrons. The Morgan fingerprint density at radius 1 is 1.05 bits per heavy atom. The maximum atomic E-state index is 12.6. The molecule has 0 aliphatic heterocycles. The molecule has 2 aromatic rings. The van der Waals surface area contributed by atoms with E-state index in [1.807, 2.05) is 0 Å². The van der Waals surface area contributed by atoms with Gasteiger partial charge in [0.05, 0.1) is 24.8 Å². The number of hydrogen-bond donors (Lipinski definition) is 0. The molecule has 21 heavy (non-hydrogen) atoms. The summed E-state index contributed by atoms with van der Waals surface area (Å²) in [5.74, 6) is 0.431. The van der Waals surface area contributed by atoms with Gasteiger partial charge in [-0.25, -0.2) is 0 Å². The van der Waals surface area contributed by atoms with E-state index >= 15 is 0 Å². The number of ether oxygens (including phenoxy) is 2. The lowest BCUT2D eigenvalue weighted by atomic mass is 10.0. The number of methoxy groups -OCH3 is 2. The molecule has 0 atom stereocenters. The first-order valence-electron chi connectivity index (χ1n) is 5.89. The van der Waals surface area contributed by atoms with Crippen molar-refractivity contribution in [3.63, 3.8) is 0 Å². The summed E-state index contributed by atoms with van der Waals surface area (Å²) in [4.78, 5) is 12.6. The molecule has 0 bridgehead atoms. The molecule has 0 saturated heterocycles. The number of rotatable bonds is 4. The van der Waals surface area contributed by atoms with E-state index in [0.29, 0.717) is 21.9 Å². The van der Waals surface area contributed by atoms with Crippen molar-refractivity contribution in [2.75, 3.05) is 14.2 Å². The number of benzene rings is 2. The van der Waals surface area contributed by atoms with Gasteiger partial charge >= 0.3 is 0 Å². The molecule has 0 amide bonds. The summed E-state index contributed by atoms with van der Waals surface area (Å²) in [5, 5.41) is 0.599. The Kier molecular flexibility index (Phi) is 5.14. The third-order valence-corrected chi connectivity index (χ3v) is 4.07. The quantitative estimate of drug-likeness (QED) is 0.690. The summed E-state index contributed by atoms with van der Waals surface area (Å²) in [6.45, 7) is 0. The normalized spacial score (nSPS) is 10.3. The van der Waals surface area contributed by atoms with Gasteiger partial charge in [0.25, 0.3) is 0 Å². The largest absolute Gasteiger partial charge is 0.495 e. The molecule has 0 N–H and O–H groups in total. The van der Waals surface area contributed by atoms with Crippen LogP contribution in [0, 0.1) is 0 Å². The SMILES string of the molecule is COc1ccc(C(=O)c2ccc(Br)cc2Cl)c(OC)c1Cl. The lowest BCUT2D eigenvalue weighted by Gasteiger charge is -2.13. The fourth-order valence-corrected chi connectivity index (χ4v) is 2.97. The van der Waals surface area contributed by atoms with E-state index in [2.05, 4.69) is 15.9 Å². The Morgan fingerprint density at radius 3 is 2.29 bits per heavy atom. The van der Waals surface area contributed by atoms with Crippen LogP contribution in [0.4, 0.5) is 0 Å². The van der Waals surface area contributed by atoms with Crippen LogP contribution in [0.25, 0.3) is 0 Å². The zero-order valence-electron chi connectivity index (χ0n) is 11.2. The summed E-state index contributed by atoms with van der Waals surface area (Å²) in [6, 6.07) is 8.27. The summed E-state index contributed by atoms with van der Waals surface area (Å²) < 4.78 is 11.1. The van der Waals surface area contributed by atoms with Gasteiger partial charge in [-0.2, -0.15) is 0 Å². The number of carbonyl (C=O) groups excluding carboxylic acids is 1. The minimum atomic E-state index is -0.270. The third kappa shape index (κ3) is 3.18. The molecule has 6 heteroatoms. The van der Waals surface area contributed by atoms with E-state index < -0.39 is 0 Å². The molecule has 0 aliphatic carbocycles. The first-order valence-corrected chi connectivity index (χ1v) is 7.44. The van der Waals surface area contributed by atoms with Gasteiger partial charge < -0.3 is 9.47 Å². The smallest absolute Gasteiger partial charge is 0.198 e. The Labute approximate surface area is 140 Å². The average Bonchev–Trinajstić information content (AvgIpc) is 2.46. The zero-order chi connectivity index (χ0) is 15.6. The van der Waals surface area contributed by atoms with Crippen molar-refractivity contribution in [3.8, 4) is 11.5 Å². The standard InChI is InChI=1S/C15H11BrCl2O3/c1-20-12-6-5-10(15(21-2)13(12)18)14(19)9-4-3-8(16)7-11(9)17/h3-7H,1-2H3. The van der Waals surface area contributed by atoms with Gasteiger partial charge in [0.1, 0.15) is 10.8 Å². The molecule has 0 aromatic heterocycles. The molecule has 0 saturated carbocycles. The van der Waals surface area contributed by atoms with Gasteiger partial charge in [0.15, 0.2) is 11.5 Å². The van der Waals surface area contributed by atoms with Crippen LogP contribution in [-0.4, -0.2) is 20.0 Å². The van der Waals surface area contributed by atoms with Crippen LogP contribution < -0.4 is 9.47 Å². The average molecular weight is 390 g/mol. The van der Waals surface area contributed by atoms with Gasteiger partial charge in [-0.05, 0) is 30.3 Å². The van der Waals surface area contributed by atoms with Crippen molar-refractivity contribution in [1.29, 1.82) is 0 Å². The van der Waals surface area contributed by atoms with Crippen molar-refractivity contribution in [3.05, 3.63) is 56.0 Å². The highest BCUT2D eigenvalue weighted by atomic mass is 79.9. The van der Waals surface area contributed by atoms with E-state index in [0.717, 1.165) is 4.47 Å². The molecule has 2 rings (SSSR count). The van der Waals surface area contributed by atoms with Crippen molar-refractivity contribution in [2.24, 2.45) is 0 Å². The van der Waals surface area contributed by atoms with Crippen LogP contribution >= 0.6 is 39.1 Å². The minimum absolute atomic E-state index is 0.249. The van der Waals surface area contributed by atoms with Gasteiger partial charge in [0.2, 0.25) is 0 Å². The van der Waals surface area contributed by atoms with Gasteiger partial charge in [0, 0.05) is 10.0 Å².